The van der Waals surface area contributed by atoms with Crippen LogP contribution in [0, 0.1) is 0 Å². The molecule has 6 heteroatoms. The quantitative estimate of drug-likeness (QED) is 0.502. The normalized spacial score (nSPS) is 15.6. The highest BCUT2D eigenvalue weighted by molar-refractivity contribution is 5.79. The van der Waals surface area contributed by atoms with Crippen LogP contribution in [0.5, 0.6) is 5.75 Å². The van der Waals surface area contributed by atoms with Crippen molar-refractivity contribution in [2.75, 3.05) is 59.6 Å². The third kappa shape index (κ3) is 7.77. The maximum absolute atomic E-state index is 6.07. The fraction of sp³-hybridized carbons (Fsp3) is 0.667. The van der Waals surface area contributed by atoms with Crippen LogP contribution in [0.15, 0.2) is 29.3 Å². The van der Waals surface area contributed by atoms with E-state index in [4.69, 9.17) is 14.5 Å². The second-order valence-electron chi connectivity index (χ2n) is 6.86. The lowest BCUT2D eigenvalue weighted by molar-refractivity contribution is 0.0322. The average Bonchev–Trinajstić information content (AvgIpc) is 2.71. The van der Waals surface area contributed by atoms with Gasteiger partial charge >= 0.3 is 0 Å². The Morgan fingerprint density at radius 2 is 2.04 bits per heavy atom. The number of morpholine rings is 1. The molecule has 1 heterocycles. The molecule has 1 fully saturated rings. The van der Waals surface area contributed by atoms with Crippen LogP contribution in [-0.4, -0.2) is 75.4 Å². The Balaban J connectivity index is 1.92. The van der Waals surface area contributed by atoms with E-state index in [9.17, 15) is 0 Å². The lowest BCUT2D eigenvalue weighted by Crippen LogP contribution is -2.39. The van der Waals surface area contributed by atoms with Gasteiger partial charge in [0.15, 0.2) is 5.96 Å². The highest BCUT2D eigenvalue weighted by Crippen LogP contribution is 2.19. The predicted octanol–water partition coefficient (Wildman–Crippen LogP) is 2.60. The standard InChI is InChI=1S/C21H36N4O2/c1-4-6-11-24(3)21(22-5-2)23-18-19-9-7-8-10-20(19)27-17-14-25-12-15-26-16-13-25/h7-10H,4-6,11-18H2,1-3H3,(H,22,23). The third-order valence-corrected chi connectivity index (χ3v) is 4.68. The number of hydrogen-bond donors (Lipinski definition) is 1. The van der Waals surface area contributed by atoms with Gasteiger partial charge in [-0.15, -0.1) is 0 Å². The SMILES string of the molecule is CCCCN(C)C(=NCc1ccccc1OCCN1CCOCC1)NCC. The molecule has 1 aliphatic rings. The van der Waals surface area contributed by atoms with Gasteiger partial charge in [0.25, 0.3) is 0 Å². The van der Waals surface area contributed by atoms with Crippen LogP contribution in [0.3, 0.4) is 0 Å². The number of guanidine groups is 1. The number of aliphatic imine (C=N–C) groups is 1. The zero-order valence-electron chi connectivity index (χ0n) is 17.2. The summed E-state index contributed by atoms with van der Waals surface area (Å²) in [5.74, 6) is 1.88. The van der Waals surface area contributed by atoms with E-state index in [0.29, 0.717) is 13.2 Å². The van der Waals surface area contributed by atoms with Crippen LogP contribution in [-0.2, 0) is 11.3 Å². The van der Waals surface area contributed by atoms with E-state index in [1.807, 2.05) is 18.2 Å². The van der Waals surface area contributed by atoms with Crippen LogP contribution >= 0.6 is 0 Å². The monoisotopic (exact) mass is 376 g/mol. The molecule has 0 atom stereocenters. The van der Waals surface area contributed by atoms with Crippen molar-refractivity contribution in [2.24, 2.45) is 4.99 Å². The first kappa shape index (κ1) is 21.5. The Morgan fingerprint density at radius 1 is 1.26 bits per heavy atom. The Labute approximate surface area is 164 Å². The number of para-hydroxylation sites is 1. The van der Waals surface area contributed by atoms with Gasteiger partial charge in [0.1, 0.15) is 12.4 Å². The Bertz CT molecular complexity index is 559. The molecule has 1 saturated heterocycles. The molecule has 2 rings (SSSR count). The zero-order chi connectivity index (χ0) is 19.3. The van der Waals surface area contributed by atoms with E-state index < -0.39 is 0 Å². The number of benzene rings is 1. The summed E-state index contributed by atoms with van der Waals surface area (Å²) in [4.78, 5) is 9.41. The minimum absolute atomic E-state index is 0.618. The molecule has 1 aromatic rings. The van der Waals surface area contributed by atoms with Gasteiger partial charge in [-0.3, -0.25) is 4.90 Å². The lowest BCUT2D eigenvalue weighted by atomic mass is 10.2. The van der Waals surface area contributed by atoms with Crippen molar-refractivity contribution in [3.8, 4) is 5.75 Å². The number of rotatable bonds is 10. The predicted molar refractivity (Wildman–Crippen MR) is 112 cm³/mol. The van der Waals surface area contributed by atoms with Gasteiger partial charge in [-0.2, -0.15) is 0 Å². The molecule has 0 spiro atoms. The maximum atomic E-state index is 6.07. The highest BCUT2D eigenvalue weighted by Gasteiger charge is 2.11. The van der Waals surface area contributed by atoms with Gasteiger partial charge in [-0.1, -0.05) is 31.5 Å². The molecule has 0 aromatic heterocycles. The number of hydrogen-bond acceptors (Lipinski definition) is 4. The van der Waals surface area contributed by atoms with E-state index in [2.05, 4.69) is 42.1 Å². The molecule has 0 bridgehead atoms. The van der Waals surface area contributed by atoms with Crippen LogP contribution in [0.1, 0.15) is 32.3 Å². The first-order valence-corrected chi connectivity index (χ1v) is 10.2. The van der Waals surface area contributed by atoms with Gasteiger partial charge < -0.3 is 19.7 Å². The van der Waals surface area contributed by atoms with Crippen LogP contribution in [0.25, 0.3) is 0 Å². The molecular formula is C21H36N4O2. The maximum Gasteiger partial charge on any atom is 0.193 e. The van der Waals surface area contributed by atoms with E-state index >= 15 is 0 Å². The van der Waals surface area contributed by atoms with Crippen molar-refractivity contribution in [1.82, 2.24) is 15.1 Å². The summed E-state index contributed by atoms with van der Waals surface area (Å²) in [7, 11) is 2.10. The molecule has 27 heavy (non-hydrogen) atoms. The molecule has 0 radical (unpaired) electrons. The molecule has 6 nitrogen and oxygen atoms in total. The second kappa shape index (κ2) is 12.6. The number of ether oxygens (including phenoxy) is 2. The Kier molecular flexibility index (Phi) is 10.0. The third-order valence-electron chi connectivity index (χ3n) is 4.68. The molecule has 0 unspecified atom stereocenters. The topological polar surface area (TPSA) is 49.3 Å². The molecule has 1 N–H and O–H groups in total. The van der Waals surface area contributed by atoms with Gasteiger partial charge in [-0.25, -0.2) is 4.99 Å². The van der Waals surface area contributed by atoms with Crippen molar-refractivity contribution in [1.29, 1.82) is 0 Å². The minimum Gasteiger partial charge on any atom is -0.492 e. The summed E-state index contributed by atoms with van der Waals surface area (Å²) < 4.78 is 11.5. The van der Waals surface area contributed by atoms with Crippen molar-refractivity contribution in [3.63, 3.8) is 0 Å². The number of unbranched alkanes of at least 4 members (excludes halogenated alkanes) is 1. The largest absolute Gasteiger partial charge is 0.492 e. The Hall–Kier alpha value is -1.79. The lowest BCUT2D eigenvalue weighted by Gasteiger charge is -2.26. The van der Waals surface area contributed by atoms with Crippen molar-refractivity contribution in [3.05, 3.63) is 29.8 Å². The summed E-state index contributed by atoms with van der Waals surface area (Å²) in [6.45, 7) is 12.1. The molecule has 1 aromatic carbocycles. The van der Waals surface area contributed by atoms with Gasteiger partial charge in [0.2, 0.25) is 0 Å². The molecule has 0 aliphatic carbocycles. The first-order valence-electron chi connectivity index (χ1n) is 10.2. The number of nitrogens with zero attached hydrogens (tertiary/aromatic N) is 3. The van der Waals surface area contributed by atoms with E-state index in [0.717, 1.165) is 63.2 Å². The first-order chi connectivity index (χ1) is 13.2. The van der Waals surface area contributed by atoms with Crippen molar-refractivity contribution >= 4 is 5.96 Å². The van der Waals surface area contributed by atoms with Gasteiger partial charge in [-0.05, 0) is 19.4 Å². The van der Waals surface area contributed by atoms with Crippen LogP contribution < -0.4 is 10.1 Å². The summed E-state index contributed by atoms with van der Waals surface area (Å²) in [5, 5.41) is 3.38. The molecule has 0 saturated carbocycles. The van der Waals surface area contributed by atoms with E-state index in [1.165, 1.54) is 12.8 Å². The van der Waals surface area contributed by atoms with Crippen LogP contribution in [0.4, 0.5) is 0 Å². The second-order valence-corrected chi connectivity index (χ2v) is 6.86. The van der Waals surface area contributed by atoms with Gasteiger partial charge in [0, 0.05) is 45.3 Å². The molecule has 0 amide bonds. The summed E-state index contributed by atoms with van der Waals surface area (Å²) in [6, 6.07) is 8.21. The van der Waals surface area contributed by atoms with E-state index in [1.54, 1.807) is 0 Å². The van der Waals surface area contributed by atoms with Crippen LogP contribution in [0.2, 0.25) is 0 Å². The number of nitrogens with one attached hydrogen (secondary N) is 1. The van der Waals surface area contributed by atoms with Crippen molar-refractivity contribution in [2.45, 2.75) is 33.2 Å². The average molecular weight is 377 g/mol. The van der Waals surface area contributed by atoms with Gasteiger partial charge in [0.05, 0.1) is 19.8 Å². The summed E-state index contributed by atoms with van der Waals surface area (Å²) in [6.07, 6.45) is 2.35. The minimum atomic E-state index is 0.618. The van der Waals surface area contributed by atoms with E-state index in [-0.39, 0.29) is 0 Å². The fourth-order valence-corrected chi connectivity index (χ4v) is 3.02. The Morgan fingerprint density at radius 3 is 2.78 bits per heavy atom. The molecule has 1 aliphatic heterocycles. The smallest absolute Gasteiger partial charge is 0.193 e. The van der Waals surface area contributed by atoms with Crippen molar-refractivity contribution < 1.29 is 9.47 Å². The summed E-state index contributed by atoms with van der Waals surface area (Å²) in [5.41, 5.74) is 1.12. The zero-order valence-corrected chi connectivity index (χ0v) is 17.2. The highest BCUT2D eigenvalue weighted by atomic mass is 16.5. The molecule has 152 valence electrons. The summed E-state index contributed by atoms with van der Waals surface area (Å²) >= 11 is 0. The fourth-order valence-electron chi connectivity index (χ4n) is 3.02. The molecular weight excluding hydrogens is 340 g/mol.